The normalized spacial score (nSPS) is 11.2. The number of methoxy groups -OCH3 is 1. The first-order valence-corrected chi connectivity index (χ1v) is 10.2. The number of benzene rings is 2. The Balaban J connectivity index is 1.70. The highest BCUT2D eigenvalue weighted by Gasteiger charge is 2.14. The van der Waals surface area contributed by atoms with Gasteiger partial charge in [0.1, 0.15) is 5.75 Å². The molecule has 154 valence electrons. The fourth-order valence-corrected chi connectivity index (χ4v) is 3.45. The second-order valence-electron chi connectivity index (χ2n) is 7.00. The van der Waals surface area contributed by atoms with E-state index in [2.05, 4.69) is 39.7 Å². The van der Waals surface area contributed by atoms with Crippen LogP contribution in [0.25, 0.3) is 11.0 Å². The summed E-state index contributed by atoms with van der Waals surface area (Å²) in [5.41, 5.74) is 3.02. The van der Waals surface area contributed by atoms with Gasteiger partial charge in [-0.05, 0) is 49.3 Å². The Morgan fingerprint density at radius 3 is 2.69 bits per heavy atom. The van der Waals surface area contributed by atoms with Gasteiger partial charge in [-0.25, -0.2) is 4.98 Å². The highest BCUT2D eigenvalue weighted by molar-refractivity contribution is 5.91. The van der Waals surface area contributed by atoms with E-state index in [0.29, 0.717) is 18.8 Å². The molecular formula is C23H30N4O2. The quantitative estimate of drug-likeness (QED) is 0.565. The van der Waals surface area contributed by atoms with Crippen molar-refractivity contribution in [2.45, 2.75) is 33.2 Å². The van der Waals surface area contributed by atoms with E-state index < -0.39 is 0 Å². The van der Waals surface area contributed by atoms with Crippen molar-refractivity contribution in [2.75, 3.05) is 32.1 Å². The number of amides is 1. The molecule has 0 aliphatic heterocycles. The minimum atomic E-state index is -0.0350. The number of likely N-dealkylation sites (N-methyl/N-ethyl adjacent to an activating group) is 1. The smallest absolute Gasteiger partial charge is 0.227 e. The summed E-state index contributed by atoms with van der Waals surface area (Å²) in [5.74, 6) is 1.39. The molecule has 0 unspecified atom stereocenters. The van der Waals surface area contributed by atoms with Gasteiger partial charge in [0.2, 0.25) is 11.9 Å². The lowest BCUT2D eigenvalue weighted by Crippen LogP contribution is -2.27. The van der Waals surface area contributed by atoms with Gasteiger partial charge in [0.25, 0.3) is 0 Å². The van der Waals surface area contributed by atoms with Crippen molar-refractivity contribution in [3.63, 3.8) is 0 Å². The average Bonchev–Trinajstić information content (AvgIpc) is 3.10. The van der Waals surface area contributed by atoms with Gasteiger partial charge in [0.15, 0.2) is 0 Å². The number of carbonyl (C=O) groups is 1. The lowest BCUT2D eigenvalue weighted by molar-refractivity contribution is -0.116. The zero-order valence-electron chi connectivity index (χ0n) is 17.5. The van der Waals surface area contributed by atoms with E-state index >= 15 is 0 Å². The number of nitrogens with zero attached hydrogens (tertiary/aromatic N) is 3. The van der Waals surface area contributed by atoms with Gasteiger partial charge in [-0.15, -0.1) is 0 Å². The van der Waals surface area contributed by atoms with E-state index in [-0.39, 0.29) is 5.91 Å². The van der Waals surface area contributed by atoms with E-state index in [4.69, 9.17) is 4.74 Å². The molecule has 0 aliphatic carbocycles. The van der Waals surface area contributed by atoms with Crippen molar-refractivity contribution < 1.29 is 9.53 Å². The first-order valence-electron chi connectivity index (χ1n) is 10.2. The van der Waals surface area contributed by atoms with Crippen molar-refractivity contribution in [1.29, 1.82) is 0 Å². The third-order valence-corrected chi connectivity index (χ3v) is 5.21. The van der Waals surface area contributed by atoms with Crippen LogP contribution in [0.4, 0.5) is 5.95 Å². The Bertz CT molecular complexity index is 947. The fraction of sp³-hybridized carbons (Fsp3) is 0.391. The minimum absolute atomic E-state index is 0.0350. The molecular weight excluding hydrogens is 364 g/mol. The van der Waals surface area contributed by atoms with Gasteiger partial charge in [-0.1, -0.05) is 38.1 Å². The molecule has 0 spiro atoms. The zero-order chi connectivity index (χ0) is 20.6. The van der Waals surface area contributed by atoms with Crippen molar-refractivity contribution in [2.24, 2.45) is 0 Å². The number of anilines is 1. The Morgan fingerprint density at radius 1 is 1.14 bits per heavy atom. The van der Waals surface area contributed by atoms with Gasteiger partial charge in [-0.3, -0.25) is 10.1 Å². The van der Waals surface area contributed by atoms with Gasteiger partial charge < -0.3 is 14.2 Å². The Morgan fingerprint density at radius 2 is 1.93 bits per heavy atom. The molecule has 29 heavy (non-hydrogen) atoms. The predicted octanol–water partition coefficient (Wildman–Crippen LogP) is 3.96. The molecule has 6 nitrogen and oxygen atoms in total. The van der Waals surface area contributed by atoms with E-state index in [9.17, 15) is 4.79 Å². The first kappa shape index (κ1) is 20.9. The van der Waals surface area contributed by atoms with Crippen molar-refractivity contribution in [3.8, 4) is 5.75 Å². The largest absolute Gasteiger partial charge is 0.497 e. The van der Waals surface area contributed by atoms with Crippen LogP contribution in [0.5, 0.6) is 5.75 Å². The maximum Gasteiger partial charge on any atom is 0.227 e. The number of hydrogen-bond donors (Lipinski definition) is 1. The second-order valence-corrected chi connectivity index (χ2v) is 7.00. The first-order chi connectivity index (χ1) is 14.1. The van der Waals surface area contributed by atoms with Crippen molar-refractivity contribution in [3.05, 3.63) is 54.1 Å². The molecule has 0 bridgehead atoms. The average molecular weight is 395 g/mol. The van der Waals surface area contributed by atoms with Crippen molar-refractivity contribution in [1.82, 2.24) is 14.5 Å². The summed E-state index contributed by atoms with van der Waals surface area (Å²) < 4.78 is 7.36. The van der Waals surface area contributed by atoms with E-state index in [1.54, 1.807) is 7.11 Å². The maximum atomic E-state index is 12.6. The number of aromatic nitrogens is 2. The SMILES string of the molecule is CCN(CC)CCn1c(NC(=O)CCc2cccc(OC)c2)nc2ccccc21. The monoisotopic (exact) mass is 394 g/mol. The number of rotatable bonds is 10. The molecule has 1 amide bonds. The van der Waals surface area contributed by atoms with Crippen LogP contribution in [0, 0.1) is 0 Å². The lowest BCUT2D eigenvalue weighted by atomic mass is 10.1. The molecule has 3 aromatic rings. The lowest BCUT2D eigenvalue weighted by Gasteiger charge is -2.19. The topological polar surface area (TPSA) is 59.4 Å². The van der Waals surface area contributed by atoms with Crippen LogP contribution in [-0.2, 0) is 17.8 Å². The van der Waals surface area contributed by atoms with Crippen molar-refractivity contribution >= 4 is 22.9 Å². The summed E-state index contributed by atoms with van der Waals surface area (Å²) in [7, 11) is 1.65. The van der Waals surface area contributed by atoms with Crippen LogP contribution in [-0.4, -0.2) is 47.1 Å². The molecule has 6 heteroatoms. The van der Waals surface area contributed by atoms with Crippen LogP contribution < -0.4 is 10.1 Å². The number of nitrogens with one attached hydrogen (secondary N) is 1. The molecule has 1 heterocycles. The van der Waals surface area contributed by atoms with Gasteiger partial charge in [-0.2, -0.15) is 0 Å². The highest BCUT2D eigenvalue weighted by Crippen LogP contribution is 2.20. The van der Waals surface area contributed by atoms with Crippen LogP contribution in [0.2, 0.25) is 0 Å². The number of para-hydroxylation sites is 2. The van der Waals surface area contributed by atoms with Gasteiger partial charge in [0.05, 0.1) is 18.1 Å². The maximum absolute atomic E-state index is 12.6. The Hall–Kier alpha value is -2.86. The number of aryl methyl sites for hydroxylation is 1. The molecule has 0 atom stereocenters. The Labute approximate surface area is 172 Å². The molecule has 0 aliphatic rings. The van der Waals surface area contributed by atoms with Crippen LogP contribution >= 0.6 is 0 Å². The number of carbonyl (C=O) groups excluding carboxylic acids is 1. The number of imidazole rings is 1. The molecule has 0 radical (unpaired) electrons. The third-order valence-electron chi connectivity index (χ3n) is 5.21. The van der Waals surface area contributed by atoms with Crippen LogP contribution in [0.1, 0.15) is 25.8 Å². The molecule has 0 fully saturated rings. The molecule has 3 rings (SSSR count). The van der Waals surface area contributed by atoms with E-state index in [1.807, 2.05) is 42.5 Å². The highest BCUT2D eigenvalue weighted by atomic mass is 16.5. The summed E-state index contributed by atoms with van der Waals surface area (Å²) in [6.45, 7) is 8.04. The summed E-state index contributed by atoms with van der Waals surface area (Å²) in [6.07, 6.45) is 1.05. The number of hydrogen-bond acceptors (Lipinski definition) is 4. The summed E-state index contributed by atoms with van der Waals surface area (Å²) in [5, 5.41) is 3.02. The molecule has 1 aromatic heterocycles. The van der Waals surface area contributed by atoms with Gasteiger partial charge in [0, 0.05) is 19.5 Å². The number of fused-ring (bicyclic) bond motifs is 1. The second kappa shape index (κ2) is 10.1. The fourth-order valence-electron chi connectivity index (χ4n) is 3.45. The standard InChI is InChI=1S/C23H30N4O2/c1-4-26(5-2)15-16-27-21-12-7-6-11-20(21)24-23(27)25-22(28)14-13-18-9-8-10-19(17-18)29-3/h6-12,17H,4-5,13-16H2,1-3H3,(H,24,25,28). The summed E-state index contributed by atoms with van der Waals surface area (Å²) >= 11 is 0. The number of ether oxygens (including phenoxy) is 1. The molecule has 0 saturated carbocycles. The molecule has 2 aromatic carbocycles. The third kappa shape index (κ3) is 5.35. The van der Waals surface area contributed by atoms with Crippen LogP contribution in [0.3, 0.4) is 0 Å². The summed E-state index contributed by atoms with van der Waals surface area (Å²) in [6, 6.07) is 15.8. The predicted molar refractivity (Wildman–Crippen MR) is 117 cm³/mol. The van der Waals surface area contributed by atoms with Crippen LogP contribution in [0.15, 0.2) is 48.5 Å². The van der Waals surface area contributed by atoms with Gasteiger partial charge >= 0.3 is 0 Å². The zero-order valence-corrected chi connectivity index (χ0v) is 17.5. The molecule has 1 N–H and O–H groups in total. The van der Waals surface area contributed by atoms with E-state index in [0.717, 1.165) is 48.5 Å². The molecule has 0 saturated heterocycles. The van der Waals surface area contributed by atoms with E-state index in [1.165, 1.54) is 0 Å². The Kier molecular flexibility index (Phi) is 7.25. The minimum Gasteiger partial charge on any atom is -0.497 e. The summed E-state index contributed by atoms with van der Waals surface area (Å²) in [4.78, 5) is 19.6.